The molecule has 0 aliphatic heterocycles. The summed E-state index contributed by atoms with van der Waals surface area (Å²) in [6.07, 6.45) is 1.91. The number of amides is 1. The van der Waals surface area contributed by atoms with Gasteiger partial charge in [-0.25, -0.2) is 0 Å². The van der Waals surface area contributed by atoms with Crippen LogP contribution >= 0.6 is 23.1 Å². The molecular weight excluding hydrogens is 244 g/mol. The highest BCUT2D eigenvalue weighted by Crippen LogP contribution is 2.23. The summed E-state index contributed by atoms with van der Waals surface area (Å²) in [7, 11) is 0. The minimum Gasteiger partial charge on any atom is -0.374 e. The maximum atomic E-state index is 11.5. The van der Waals surface area contributed by atoms with Crippen molar-refractivity contribution >= 4 is 34.1 Å². The summed E-state index contributed by atoms with van der Waals surface area (Å²) in [6.45, 7) is 4.13. The van der Waals surface area contributed by atoms with E-state index in [1.165, 1.54) is 23.1 Å². The highest BCUT2D eigenvalue weighted by atomic mass is 32.2. The van der Waals surface area contributed by atoms with Crippen molar-refractivity contribution in [2.45, 2.75) is 37.1 Å². The third-order valence-corrected chi connectivity index (χ3v) is 3.99. The molecule has 1 rings (SSSR count). The van der Waals surface area contributed by atoms with Crippen LogP contribution in [0.3, 0.4) is 0 Å². The van der Waals surface area contributed by atoms with Crippen LogP contribution in [-0.2, 0) is 4.79 Å². The number of hydrogen-bond donors (Lipinski definition) is 2. The molecule has 0 spiro atoms. The molecule has 0 aromatic carbocycles. The number of nitrogens with two attached hydrogens (primary N) is 1. The van der Waals surface area contributed by atoms with E-state index >= 15 is 0 Å². The second-order valence-corrected chi connectivity index (χ2v) is 5.51. The number of hydrogen-bond acceptors (Lipinski definition) is 6. The maximum Gasteiger partial charge on any atom is 0.230 e. The zero-order valence-electron chi connectivity index (χ0n) is 9.40. The third kappa shape index (κ3) is 4.36. The summed E-state index contributed by atoms with van der Waals surface area (Å²) >= 11 is 2.66. The third-order valence-electron chi connectivity index (χ3n) is 2.10. The monoisotopic (exact) mass is 260 g/mol. The molecule has 16 heavy (non-hydrogen) atoms. The van der Waals surface area contributed by atoms with Gasteiger partial charge in [0, 0.05) is 6.04 Å². The lowest BCUT2D eigenvalue weighted by atomic mass is 10.2. The molecule has 0 unspecified atom stereocenters. The minimum absolute atomic E-state index is 0.0347. The van der Waals surface area contributed by atoms with Crippen molar-refractivity contribution in [2.24, 2.45) is 0 Å². The molecule has 1 heterocycles. The molecule has 1 aromatic heterocycles. The van der Waals surface area contributed by atoms with Crippen LogP contribution < -0.4 is 11.1 Å². The highest BCUT2D eigenvalue weighted by Gasteiger charge is 2.10. The Bertz CT molecular complexity index is 338. The van der Waals surface area contributed by atoms with Crippen LogP contribution in [0.2, 0.25) is 0 Å². The van der Waals surface area contributed by atoms with Crippen LogP contribution in [0, 0.1) is 0 Å². The molecule has 0 bridgehead atoms. The normalized spacial score (nSPS) is 10.7. The maximum absolute atomic E-state index is 11.5. The number of carbonyl (C=O) groups excluding carboxylic acids is 1. The van der Waals surface area contributed by atoms with Gasteiger partial charge in [0.15, 0.2) is 4.34 Å². The molecular formula is C9H16N4OS2. The number of nitrogens with one attached hydrogen (secondary N) is 1. The average molecular weight is 260 g/mol. The van der Waals surface area contributed by atoms with E-state index in [9.17, 15) is 4.79 Å². The number of thioether (sulfide) groups is 1. The van der Waals surface area contributed by atoms with Gasteiger partial charge in [-0.15, -0.1) is 10.2 Å². The molecule has 5 nitrogen and oxygen atoms in total. The Hall–Kier alpha value is -0.820. The van der Waals surface area contributed by atoms with E-state index in [0.29, 0.717) is 10.9 Å². The number of nitrogens with zero attached hydrogens (tertiary/aromatic N) is 2. The molecule has 0 aliphatic carbocycles. The van der Waals surface area contributed by atoms with E-state index in [0.717, 1.165) is 17.2 Å². The molecule has 1 amide bonds. The van der Waals surface area contributed by atoms with Crippen LogP contribution in [0.5, 0.6) is 0 Å². The van der Waals surface area contributed by atoms with Crippen LogP contribution in [0.15, 0.2) is 4.34 Å². The Balaban J connectivity index is 2.30. The van der Waals surface area contributed by atoms with Crippen LogP contribution in [0.25, 0.3) is 0 Å². The van der Waals surface area contributed by atoms with Gasteiger partial charge in [-0.05, 0) is 12.8 Å². The first-order valence-electron chi connectivity index (χ1n) is 5.16. The lowest BCUT2D eigenvalue weighted by Crippen LogP contribution is -2.34. The van der Waals surface area contributed by atoms with Crippen LogP contribution in [0.1, 0.15) is 26.7 Å². The lowest BCUT2D eigenvalue weighted by molar-refractivity contribution is -0.119. The first kappa shape index (κ1) is 13.2. The van der Waals surface area contributed by atoms with Gasteiger partial charge in [0.2, 0.25) is 11.0 Å². The standard InChI is InChI=1S/C9H16N4OS2/c1-3-6(4-2)11-7(14)5-15-9-13-12-8(10)16-9/h6H,3-5H2,1-2H3,(H2,10,12)(H,11,14). The quantitative estimate of drug-likeness (QED) is 0.758. The van der Waals surface area contributed by atoms with E-state index in [1.807, 2.05) is 0 Å². The predicted octanol–water partition coefficient (Wildman–Crippen LogP) is 1.52. The van der Waals surface area contributed by atoms with Crippen molar-refractivity contribution in [1.29, 1.82) is 0 Å². The van der Waals surface area contributed by atoms with E-state index in [4.69, 9.17) is 5.73 Å². The Labute approximate surface area is 103 Å². The Morgan fingerprint density at radius 1 is 1.50 bits per heavy atom. The number of rotatable bonds is 6. The second kappa shape index (κ2) is 6.70. The highest BCUT2D eigenvalue weighted by molar-refractivity contribution is 8.01. The van der Waals surface area contributed by atoms with Crippen molar-refractivity contribution in [1.82, 2.24) is 15.5 Å². The predicted molar refractivity (Wildman–Crippen MR) is 67.6 cm³/mol. The first-order chi connectivity index (χ1) is 7.65. The Kier molecular flexibility index (Phi) is 5.54. The largest absolute Gasteiger partial charge is 0.374 e. The zero-order chi connectivity index (χ0) is 12.0. The van der Waals surface area contributed by atoms with Gasteiger partial charge in [0.25, 0.3) is 0 Å². The SMILES string of the molecule is CCC(CC)NC(=O)CSc1nnc(N)s1. The summed E-state index contributed by atoms with van der Waals surface area (Å²) in [4.78, 5) is 11.5. The molecule has 0 radical (unpaired) electrons. The molecule has 90 valence electrons. The smallest absolute Gasteiger partial charge is 0.230 e. The molecule has 1 aromatic rings. The van der Waals surface area contributed by atoms with E-state index in [2.05, 4.69) is 29.4 Å². The molecule has 0 aliphatic rings. The molecule has 0 saturated heterocycles. The lowest BCUT2D eigenvalue weighted by Gasteiger charge is -2.13. The van der Waals surface area contributed by atoms with Gasteiger partial charge >= 0.3 is 0 Å². The molecule has 3 N–H and O–H groups in total. The van der Waals surface area contributed by atoms with E-state index in [-0.39, 0.29) is 11.9 Å². The van der Waals surface area contributed by atoms with Gasteiger partial charge in [-0.3, -0.25) is 4.79 Å². The summed E-state index contributed by atoms with van der Waals surface area (Å²) in [5.74, 6) is 0.401. The summed E-state index contributed by atoms with van der Waals surface area (Å²) < 4.78 is 0.734. The zero-order valence-corrected chi connectivity index (χ0v) is 11.0. The summed E-state index contributed by atoms with van der Waals surface area (Å²) in [5.41, 5.74) is 5.44. The van der Waals surface area contributed by atoms with Crippen molar-refractivity contribution in [3.05, 3.63) is 0 Å². The minimum atomic E-state index is 0.0347. The van der Waals surface area contributed by atoms with Crippen molar-refractivity contribution in [3.8, 4) is 0 Å². The summed E-state index contributed by atoms with van der Waals surface area (Å²) in [5, 5.41) is 10.9. The van der Waals surface area contributed by atoms with E-state index < -0.39 is 0 Å². The number of carbonyl (C=O) groups is 1. The average Bonchev–Trinajstić information content (AvgIpc) is 2.69. The van der Waals surface area contributed by atoms with Crippen molar-refractivity contribution in [2.75, 3.05) is 11.5 Å². The Morgan fingerprint density at radius 3 is 2.69 bits per heavy atom. The number of nitrogen functional groups attached to an aromatic ring is 1. The summed E-state index contributed by atoms with van der Waals surface area (Å²) in [6, 6.07) is 0.271. The first-order valence-corrected chi connectivity index (χ1v) is 6.97. The number of anilines is 1. The van der Waals surface area contributed by atoms with Gasteiger partial charge in [-0.1, -0.05) is 36.9 Å². The van der Waals surface area contributed by atoms with Gasteiger partial charge in [0.05, 0.1) is 5.75 Å². The van der Waals surface area contributed by atoms with E-state index in [1.54, 1.807) is 0 Å². The molecule has 7 heteroatoms. The van der Waals surface area contributed by atoms with Crippen molar-refractivity contribution in [3.63, 3.8) is 0 Å². The fourth-order valence-electron chi connectivity index (χ4n) is 1.17. The number of aromatic nitrogens is 2. The van der Waals surface area contributed by atoms with Gasteiger partial charge in [0.1, 0.15) is 0 Å². The van der Waals surface area contributed by atoms with Gasteiger partial charge < -0.3 is 11.1 Å². The van der Waals surface area contributed by atoms with Crippen LogP contribution in [0.4, 0.5) is 5.13 Å². The molecule has 0 saturated carbocycles. The van der Waals surface area contributed by atoms with Crippen LogP contribution in [-0.4, -0.2) is 27.9 Å². The molecule has 0 fully saturated rings. The fraction of sp³-hybridized carbons (Fsp3) is 0.667. The van der Waals surface area contributed by atoms with Gasteiger partial charge in [-0.2, -0.15) is 0 Å². The molecule has 0 atom stereocenters. The topological polar surface area (TPSA) is 80.9 Å². The second-order valence-electron chi connectivity index (χ2n) is 3.28. The fourth-order valence-corrected chi connectivity index (χ4v) is 2.62. The van der Waals surface area contributed by atoms with Crippen molar-refractivity contribution < 1.29 is 4.79 Å². The Morgan fingerprint density at radius 2 is 2.19 bits per heavy atom.